The highest BCUT2D eigenvalue weighted by Gasteiger charge is 1.91. The Morgan fingerprint density at radius 2 is 2.00 bits per heavy atom. The number of hydrogen-bond donors (Lipinski definition) is 1. The van der Waals surface area contributed by atoms with Crippen molar-refractivity contribution in [3.8, 4) is 5.75 Å². The van der Waals surface area contributed by atoms with Crippen LogP contribution < -0.4 is 0 Å². The van der Waals surface area contributed by atoms with E-state index in [9.17, 15) is 0 Å². The molecule has 0 spiro atoms. The summed E-state index contributed by atoms with van der Waals surface area (Å²) in [4.78, 5) is 3.57. The molecule has 0 unspecified atom stereocenters. The molecule has 2 heteroatoms. The standard InChI is InChI=1S/C7H7NO/c1-8-6-4-2-3-5-7(6)9/h2-5,9H,1H2. The fourth-order valence-electron chi connectivity index (χ4n) is 0.598. The molecule has 0 bridgehead atoms. The molecule has 0 heterocycles. The van der Waals surface area contributed by atoms with Gasteiger partial charge in [-0.25, -0.2) is 0 Å². The first-order valence-corrected chi connectivity index (χ1v) is 2.59. The summed E-state index contributed by atoms with van der Waals surface area (Å²) < 4.78 is 0. The van der Waals surface area contributed by atoms with E-state index in [1.807, 2.05) is 0 Å². The van der Waals surface area contributed by atoms with E-state index in [1.165, 1.54) is 0 Å². The van der Waals surface area contributed by atoms with Crippen molar-refractivity contribution in [3.05, 3.63) is 24.3 Å². The monoisotopic (exact) mass is 121 g/mol. The van der Waals surface area contributed by atoms with Crippen molar-refractivity contribution in [1.82, 2.24) is 0 Å². The highest BCUT2D eigenvalue weighted by Crippen LogP contribution is 2.23. The quantitative estimate of drug-likeness (QED) is 0.564. The van der Waals surface area contributed by atoms with Gasteiger partial charge in [0.05, 0.1) is 0 Å². The lowest BCUT2D eigenvalue weighted by Crippen LogP contribution is -1.63. The fraction of sp³-hybridized carbons (Fsp3) is 0. The van der Waals surface area contributed by atoms with E-state index in [0.717, 1.165) is 0 Å². The smallest absolute Gasteiger partial charge is 0.141 e. The van der Waals surface area contributed by atoms with Gasteiger partial charge in [0, 0.05) is 0 Å². The van der Waals surface area contributed by atoms with Crippen molar-refractivity contribution in [1.29, 1.82) is 0 Å². The molecule has 46 valence electrons. The predicted molar refractivity (Wildman–Crippen MR) is 37.3 cm³/mol. The minimum atomic E-state index is 0.174. The average molecular weight is 121 g/mol. The number of rotatable bonds is 1. The maximum atomic E-state index is 8.98. The van der Waals surface area contributed by atoms with Crippen LogP contribution in [0.3, 0.4) is 0 Å². The highest BCUT2D eigenvalue weighted by atomic mass is 16.3. The molecular weight excluding hydrogens is 114 g/mol. The zero-order chi connectivity index (χ0) is 6.69. The largest absolute Gasteiger partial charge is 0.506 e. The zero-order valence-electron chi connectivity index (χ0n) is 4.91. The van der Waals surface area contributed by atoms with Gasteiger partial charge in [-0.1, -0.05) is 12.1 Å². The molecule has 0 amide bonds. The third-order valence-corrected chi connectivity index (χ3v) is 1.05. The molecular formula is C7H7NO. The van der Waals surface area contributed by atoms with Gasteiger partial charge in [-0.15, -0.1) is 0 Å². The molecule has 1 N–H and O–H groups in total. The molecule has 0 aliphatic rings. The lowest BCUT2D eigenvalue weighted by molar-refractivity contribution is 0.477. The molecule has 2 nitrogen and oxygen atoms in total. The van der Waals surface area contributed by atoms with Crippen LogP contribution in [0.1, 0.15) is 0 Å². The van der Waals surface area contributed by atoms with Crippen LogP contribution >= 0.6 is 0 Å². The lowest BCUT2D eigenvalue weighted by Gasteiger charge is -1.93. The highest BCUT2D eigenvalue weighted by molar-refractivity contribution is 5.54. The average Bonchev–Trinajstić information content (AvgIpc) is 1.89. The molecule has 1 rings (SSSR count). The van der Waals surface area contributed by atoms with Gasteiger partial charge in [0.25, 0.3) is 0 Å². The summed E-state index contributed by atoms with van der Waals surface area (Å²) in [6.07, 6.45) is 0. The molecule has 0 aromatic heterocycles. The normalized spacial score (nSPS) is 8.89. The van der Waals surface area contributed by atoms with Gasteiger partial charge in [0.1, 0.15) is 11.4 Å². The van der Waals surface area contributed by atoms with Crippen LogP contribution in [-0.4, -0.2) is 11.8 Å². The SMILES string of the molecule is C=Nc1ccccc1O. The predicted octanol–water partition coefficient (Wildman–Crippen LogP) is 1.72. The van der Waals surface area contributed by atoms with Crippen LogP contribution in [0.5, 0.6) is 5.75 Å². The maximum absolute atomic E-state index is 8.98. The summed E-state index contributed by atoms with van der Waals surface area (Å²) in [7, 11) is 0. The molecule has 1 aromatic carbocycles. The van der Waals surface area contributed by atoms with Crippen molar-refractivity contribution < 1.29 is 5.11 Å². The van der Waals surface area contributed by atoms with Crippen LogP contribution in [-0.2, 0) is 0 Å². The summed E-state index contributed by atoms with van der Waals surface area (Å²) in [6, 6.07) is 6.81. The molecule has 0 saturated carbocycles. The molecule has 0 fully saturated rings. The molecule has 0 aliphatic carbocycles. The van der Waals surface area contributed by atoms with E-state index in [4.69, 9.17) is 5.11 Å². The molecule has 0 aliphatic heterocycles. The summed E-state index contributed by atoms with van der Waals surface area (Å²) in [5.74, 6) is 0.174. The first-order valence-electron chi connectivity index (χ1n) is 2.59. The Balaban J connectivity index is 3.15. The Labute approximate surface area is 53.5 Å². The number of hydrogen-bond acceptors (Lipinski definition) is 2. The Hall–Kier alpha value is -1.31. The second-order valence-electron chi connectivity index (χ2n) is 1.65. The maximum Gasteiger partial charge on any atom is 0.141 e. The van der Waals surface area contributed by atoms with Gasteiger partial charge in [-0.3, -0.25) is 4.99 Å². The van der Waals surface area contributed by atoms with Gasteiger partial charge in [0.15, 0.2) is 0 Å². The molecule has 0 saturated heterocycles. The van der Waals surface area contributed by atoms with E-state index >= 15 is 0 Å². The van der Waals surface area contributed by atoms with E-state index in [1.54, 1.807) is 24.3 Å². The number of phenols is 1. The summed E-state index contributed by atoms with van der Waals surface area (Å²) in [6.45, 7) is 3.28. The van der Waals surface area contributed by atoms with Gasteiger partial charge in [-0.05, 0) is 18.9 Å². The first-order chi connectivity index (χ1) is 4.34. The number of para-hydroxylation sites is 2. The Morgan fingerprint density at radius 1 is 1.33 bits per heavy atom. The third-order valence-electron chi connectivity index (χ3n) is 1.05. The molecule has 0 radical (unpaired) electrons. The Bertz CT molecular complexity index is 220. The first kappa shape index (κ1) is 5.82. The van der Waals surface area contributed by atoms with Crippen molar-refractivity contribution in [3.63, 3.8) is 0 Å². The van der Waals surface area contributed by atoms with Crippen molar-refractivity contribution in [2.75, 3.05) is 0 Å². The van der Waals surface area contributed by atoms with Crippen LogP contribution in [0.15, 0.2) is 29.3 Å². The number of benzene rings is 1. The number of aliphatic imine (C=N–C) groups is 1. The van der Waals surface area contributed by atoms with E-state index in [2.05, 4.69) is 11.7 Å². The zero-order valence-corrected chi connectivity index (χ0v) is 4.91. The topological polar surface area (TPSA) is 32.6 Å². The number of phenolic OH excluding ortho intramolecular Hbond substituents is 1. The van der Waals surface area contributed by atoms with Gasteiger partial charge in [0.2, 0.25) is 0 Å². The van der Waals surface area contributed by atoms with E-state index < -0.39 is 0 Å². The summed E-state index contributed by atoms with van der Waals surface area (Å²) in [5.41, 5.74) is 0.525. The third kappa shape index (κ3) is 1.08. The van der Waals surface area contributed by atoms with Crippen LogP contribution in [0.4, 0.5) is 5.69 Å². The van der Waals surface area contributed by atoms with Crippen molar-refractivity contribution >= 4 is 12.4 Å². The van der Waals surface area contributed by atoms with E-state index in [-0.39, 0.29) is 5.75 Å². The number of aromatic hydroxyl groups is 1. The summed E-state index contributed by atoms with van der Waals surface area (Å²) in [5, 5.41) is 8.98. The lowest BCUT2D eigenvalue weighted by atomic mass is 10.3. The fourth-order valence-corrected chi connectivity index (χ4v) is 0.598. The molecule has 1 aromatic rings. The van der Waals surface area contributed by atoms with Crippen molar-refractivity contribution in [2.24, 2.45) is 4.99 Å². The Morgan fingerprint density at radius 3 is 2.44 bits per heavy atom. The van der Waals surface area contributed by atoms with Gasteiger partial charge < -0.3 is 5.11 Å². The van der Waals surface area contributed by atoms with Crippen LogP contribution in [0.2, 0.25) is 0 Å². The van der Waals surface area contributed by atoms with E-state index in [0.29, 0.717) is 5.69 Å². The molecule has 9 heavy (non-hydrogen) atoms. The van der Waals surface area contributed by atoms with Crippen LogP contribution in [0, 0.1) is 0 Å². The minimum absolute atomic E-state index is 0.174. The Kier molecular flexibility index (Phi) is 1.49. The number of nitrogens with zero attached hydrogens (tertiary/aromatic N) is 1. The van der Waals surface area contributed by atoms with Gasteiger partial charge >= 0.3 is 0 Å². The van der Waals surface area contributed by atoms with Crippen LogP contribution in [0.25, 0.3) is 0 Å². The van der Waals surface area contributed by atoms with Crippen molar-refractivity contribution in [2.45, 2.75) is 0 Å². The van der Waals surface area contributed by atoms with Gasteiger partial charge in [-0.2, -0.15) is 0 Å². The second kappa shape index (κ2) is 2.31. The second-order valence-corrected chi connectivity index (χ2v) is 1.65. The molecule has 0 atom stereocenters. The minimum Gasteiger partial charge on any atom is -0.506 e. The summed E-state index contributed by atoms with van der Waals surface area (Å²) >= 11 is 0.